The van der Waals surface area contributed by atoms with Gasteiger partial charge in [0.05, 0.1) is 18.4 Å². The van der Waals surface area contributed by atoms with Gasteiger partial charge in [0.25, 0.3) is 0 Å². The van der Waals surface area contributed by atoms with Crippen molar-refractivity contribution < 1.29 is 9.53 Å². The summed E-state index contributed by atoms with van der Waals surface area (Å²) in [6.07, 6.45) is 2.97. The predicted molar refractivity (Wildman–Crippen MR) is 132 cm³/mol. The maximum atomic E-state index is 12.8. The van der Waals surface area contributed by atoms with Crippen molar-refractivity contribution in [3.8, 4) is 23.2 Å². The lowest BCUT2D eigenvalue weighted by atomic mass is 9.89. The molecule has 9 heteroatoms. The highest BCUT2D eigenvalue weighted by Gasteiger charge is 2.25. The molecular weight excluding hydrogens is 454 g/mol. The number of nitrogens with zero attached hydrogens (tertiary/aromatic N) is 4. The van der Waals surface area contributed by atoms with Gasteiger partial charge in [-0.25, -0.2) is 0 Å². The van der Waals surface area contributed by atoms with Crippen LogP contribution >= 0.6 is 23.1 Å². The highest BCUT2D eigenvalue weighted by atomic mass is 32.2. The molecule has 2 aromatic heterocycles. The number of hydrogen-bond acceptors (Lipinski definition) is 7. The zero-order valence-corrected chi connectivity index (χ0v) is 20.8. The second kappa shape index (κ2) is 9.98. The summed E-state index contributed by atoms with van der Waals surface area (Å²) < 4.78 is 7.27. The Kier molecular flexibility index (Phi) is 7.05. The third-order valence-electron chi connectivity index (χ3n) is 5.74. The van der Waals surface area contributed by atoms with Crippen molar-refractivity contribution in [2.24, 2.45) is 5.92 Å². The van der Waals surface area contributed by atoms with Crippen molar-refractivity contribution in [2.45, 2.75) is 51.2 Å². The summed E-state index contributed by atoms with van der Waals surface area (Å²) in [5.41, 5.74) is 2.69. The van der Waals surface area contributed by atoms with Crippen molar-refractivity contribution in [3.63, 3.8) is 0 Å². The lowest BCUT2D eigenvalue weighted by Crippen LogP contribution is -2.15. The minimum absolute atomic E-state index is 0.124. The maximum absolute atomic E-state index is 12.8. The molecule has 0 aliphatic heterocycles. The molecule has 172 valence electrons. The third kappa shape index (κ3) is 4.92. The fraction of sp³-hybridized carbons (Fsp3) is 0.417. The molecule has 0 spiro atoms. The van der Waals surface area contributed by atoms with Gasteiger partial charge in [-0.3, -0.25) is 9.36 Å². The number of carbonyl (C=O) groups excluding carboxylic acids is 1. The Morgan fingerprint density at radius 3 is 2.79 bits per heavy atom. The fourth-order valence-electron chi connectivity index (χ4n) is 4.03. The highest BCUT2D eigenvalue weighted by molar-refractivity contribution is 7.99. The number of thiophene rings is 1. The zero-order valence-electron chi connectivity index (χ0n) is 19.2. The average molecular weight is 482 g/mol. The minimum atomic E-state index is -0.146. The molecule has 0 fully saturated rings. The molecule has 0 saturated carbocycles. The Labute approximate surface area is 202 Å². The molecule has 4 rings (SSSR count). The lowest BCUT2D eigenvalue weighted by Gasteiger charge is -2.17. The number of nitrogens with one attached hydrogen (secondary N) is 1. The maximum Gasteiger partial charge on any atom is 0.235 e. The molecule has 1 atom stereocenters. The molecule has 33 heavy (non-hydrogen) atoms. The number of nitriles is 1. The number of rotatable bonds is 7. The molecule has 1 unspecified atom stereocenters. The topological polar surface area (TPSA) is 92.8 Å². The first kappa shape index (κ1) is 23.3. The van der Waals surface area contributed by atoms with Gasteiger partial charge in [-0.1, -0.05) is 18.7 Å². The van der Waals surface area contributed by atoms with Gasteiger partial charge in [0.1, 0.15) is 16.8 Å². The van der Waals surface area contributed by atoms with E-state index in [2.05, 4.69) is 42.4 Å². The van der Waals surface area contributed by atoms with Gasteiger partial charge >= 0.3 is 0 Å². The summed E-state index contributed by atoms with van der Waals surface area (Å²) in [6, 6.07) is 10.1. The van der Waals surface area contributed by atoms with Crippen LogP contribution < -0.4 is 10.1 Å². The molecular formula is C24H27N5O2S2. The number of benzene rings is 1. The van der Waals surface area contributed by atoms with E-state index in [1.54, 1.807) is 18.4 Å². The number of anilines is 1. The van der Waals surface area contributed by atoms with Crippen LogP contribution in [0.5, 0.6) is 5.75 Å². The Bertz CT molecular complexity index is 1190. The van der Waals surface area contributed by atoms with Gasteiger partial charge in [-0.05, 0) is 68.9 Å². The number of ether oxygens (including phenoxy) is 1. The first-order valence-electron chi connectivity index (χ1n) is 11.0. The van der Waals surface area contributed by atoms with Crippen LogP contribution in [0.3, 0.4) is 0 Å². The molecule has 1 amide bonds. The van der Waals surface area contributed by atoms with E-state index in [4.69, 9.17) is 4.74 Å². The van der Waals surface area contributed by atoms with Gasteiger partial charge < -0.3 is 10.1 Å². The molecule has 1 aliphatic carbocycles. The van der Waals surface area contributed by atoms with Crippen LogP contribution in [0.1, 0.15) is 49.2 Å². The van der Waals surface area contributed by atoms with Crippen molar-refractivity contribution >= 4 is 34.0 Å². The van der Waals surface area contributed by atoms with Gasteiger partial charge in [0.2, 0.25) is 5.91 Å². The molecule has 1 aromatic carbocycles. The minimum Gasteiger partial charge on any atom is -0.497 e. The Morgan fingerprint density at radius 2 is 2.12 bits per heavy atom. The SMILES string of the molecule is COc1ccc(-c2nnc(SCC(=O)Nc3sc4c(c3C#N)CCC(C)C4)n2C(C)C)cc1. The standard InChI is InChI=1S/C24H27N5O2S2/c1-14(2)29-22(16-6-8-17(31-4)9-7-16)27-28-24(29)32-13-21(30)26-23-19(12-25)18-10-5-15(3)11-20(18)33-23/h6-9,14-15H,5,10-11,13H2,1-4H3,(H,26,30). The predicted octanol–water partition coefficient (Wildman–Crippen LogP) is 5.32. The fourth-order valence-corrected chi connectivity index (χ4v) is 6.27. The van der Waals surface area contributed by atoms with Crippen LogP contribution in [0.2, 0.25) is 0 Å². The number of thioether (sulfide) groups is 1. The van der Waals surface area contributed by atoms with Crippen LogP contribution in [0.4, 0.5) is 5.00 Å². The smallest absolute Gasteiger partial charge is 0.235 e. The number of carbonyl (C=O) groups is 1. The highest BCUT2D eigenvalue weighted by Crippen LogP contribution is 2.39. The van der Waals surface area contributed by atoms with Crippen molar-refractivity contribution in [3.05, 3.63) is 40.3 Å². The van der Waals surface area contributed by atoms with E-state index >= 15 is 0 Å². The molecule has 2 heterocycles. The normalized spacial score (nSPS) is 15.2. The molecule has 0 saturated heterocycles. The van der Waals surface area contributed by atoms with Crippen LogP contribution in [0.15, 0.2) is 29.4 Å². The largest absolute Gasteiger partial charge is 0.497 e. The van der Waals surface area contributed by atoms with Crippen molar-refractivity contribution in [1.29, 1.82) is 5.26 Å². The summed E-state index contributed by atoms with van der Waals surface area (Å²) in [7, 11) is 1.64. The number of aromatic nitrogens is 3. The lowest BCUT2D eigenvalue weighted by molar-refractivity contribution is -0.113. The molecule has 0 bridgehead atoms. The Morgan fingerprint density at radius 1 is 1.36 bits per heavy atom. The van der Waals surface area contributed by atoms with E-state index in [1.165, 1.54) is 16.6 Å². The van der Waals surface area contributed by atoms with E-state index in [1.807, 2.05) is 28.8 Å². The number of fused-ring (bicyclic) bond motifs is 1. The van der Waals surface area contributed by atoms with E-state index in [0.717, 1.165) is 42.0 Å². The summed E-state index contributed by atoms with van der Waals surface area (Å²) >= 11 is 2.89. The third-order valence-corrected chi connectivity index (χ3v) is 7.85. The number of hydrogen-bond donors (Lipinski definition) is 1. The van der Waals surface area contributed by atoms with Gasteiger partial charge in [-0.15, -0.1) is 21.5 Å². The summed E-state index contributed by atoms with van der Waals surface area (Å²) in [4.78, 5) is 14.0. The van der Waals surface area contributed by atoms with Crippen LogP contribution in [0, 0.1) is 17.2 Å². The van der Waals surface area contributed by atoms with Crippen LogP contribution in [-0.4, -0.2) is 33.5 Å². The quantitative estimate of drug-likeness (QED) is 0.459. The zero-order chi connectivity index (χ0) is 23.5. The summed E-state index contributed by atoms with van der Waals surface area (Å²) in [6.45, 7) is 6.36. The van der Waals surface area contributed by atoms with E-state index in [9.17, 15) is 10.1 Å². The number of amides is 1. The molecule has 0 radical (unpaired) electrons. The van der Waals surface area contributed by atoms with E-state index in [0.29, 0.717) is 21.6 Å². The first-order valence-corrected chi connectivity index (χ1v) is 12.8. The van der Waals surface area contributed by atoms with Crippen LogP contribution in [0.25, 0.3) is 11.4 Å². The van der Waals surface area contributed by atoms with Crippen molar-refractivity contribution in [1.82, 2.24) is 14.8 Å². The Hall–Kier alpha value is -2.83. The van der Waals surface area contributed by atoms with Gasteiger partial charge in [0.15, 0.2) is 11.0 Å². The second-order valence-electron chi connectivity index (χ2n) is 8.50. The first-order chi connectivity index (χ1) is 15.9. The Balaban J connectivity index is 1.48. The van der Waals surface area contributed by atoms with Crippen molar-refractivity contribution in [2.75, 3.05) is 18.2 Å². The molecule has 1 N–H and O–H groups in total. The van der Waals surface area contributed by atoms with Gasteiger partial charge in [-0.2, -0.15) is 5.26 Å². The molecule has 3 aromatic rings. The van der Waals surface area contributed by atoms with Gasteiger partial charge in [0, 0.05) is 16.5 Å². The molecule has 7 nitrogen and oxygen atoms in total. The monoisotopic (exact) mass is 481 g/mol. The number of methoxy groups -OCH3 is 1. The average Bonchev–Trinajstić information content (AvgIpc) is 3.38. The molecule has 1 aliphatic rings. The van der Waals surface area contributed by atoms with E-state index < -0.39 is 0 Å². The second-order valence-corrected chi connectivity index (χ2v) is 10.6. The van der Waals surface area contributed by atoms with E-state index in [-0.39, 0.29) is 17.7 Å². The van der Waals surface area contributed by atoms with Crippen LogP contribution in [-0.2, 0) is 17.6 Å². The summed E-state index contributed by atoms with van der Waals surface area (Å²) in [5, 5.41) is 22.7. The summed E-state index contributed by atoms with van der Waals surface area (Å²) in [5.74, 6) is 2.19.